The summed E-state index contributed by atoms with van der Waals surface area (Å²) in [4.78, 5) is 11.7. The summed E-state index contributed by atoms with van der Waals surface area (Å²) in [5.74, 6) is -3.65. The lowest BCUT2D eigenvalue weighted by molar-refractivity contribution is 0.102. The van der Waals surface area contributed by atoms with Gasteiger partial charge in [-0.1, -0.05) is 6.92 Å². The van der Waals surface area contributed by atoms with E-state index in [4.69, 9.17) is 0 Å². The van der Waals surface area contributed by atoms with E-state index in [1.807, 2.05) is 0 Å². The van der Waals surface area contributed by atoms with E-state index in [1.165, 1.54) is 6.92 Å². The van der Waals surface area contributed by atoms with Gasteiger partial charge in [0.15, 0.2) is 27.3 Å². The summed E-state index contributed by atoms with van der Waals surface area (Å²) in [6.07, 6.45) is 0.396. The van der Waals surface area contributed by atoms with Crippen LogP contribution >= 0.6 is 0 Å². The average molecular weight is 276 g/mol. The molecule has 1 aromatic carbocycles. The Bertz CT molecular complexity index is 552. The van der Waals surface area contributed by atoms with Gasteiger partial charge in [0, 0.05) is 5.56 Å². The molecule has 1 rings (SSSR count). The molecular formula is C12H14F2O3S. The van der Waals surface area contributed by atoms with E-state index in [9.17, 15) is 22.0 Å². The molecule has 0 saturated carbocycles. The SMILES string of the molecule is CCC(C)S(=O)(=O)CC(=O)c1ccc(F)c(F)c1. The summed E-state index contributed by atoms with van der Waals surface area (Å²) in [5, 5.41) is -0.633. The maximum atomic E-state index is 12.9. The van der Waals surface area contributed by atoms with Gasteiger partial charge in [-0.2, -0.15) is 0 Å². The Morgan fingerprint density at radius 3 is 2.39 bits per heavy atom. The predicted octanol–water partition coefficient (Wildman–Crippen LogP) is 2.36. The van der Waals surface area contributed by atoms with Gasteiger partial charge in [0.25, 0.3) is 0 Å². The Morgan fingerprint density at radius 2 is 1.89 bits per heavy atom. The van der Waals surface area contributed by atoms with E-state index in [-0.39, 0.29) is 5.56 Å². The van der Waals surface area contributed by atoms with Crippen molar-refractivity contribution in [2.45, 2.75) is 25.5 Å². The van der Waals surface area contributed by atoms with Crippen LogP contribution in [0, 0.1) is 11.6 Å². The minimum Gasteiger partial charge on any atom is -0.293 e. The second-order valence-electron chi connectivity index (χ2n) is 4.08. The van der Waals surface area contributed by atoms with Gasteiger partial charge >= 0.3 is 0 Å². The zero-order valence-corrected chi connectivity index (χ0v) is 10.9. The van der Waals surface area contributed by atoms with Crippen LogP contribution in [0.3, 0.4) is 0 Å². The first-order valence-electron chi connectivity index (χ1n) is 5.47. The molecule has 0 aliphatic heterocycles. The van der Waals surface area contributed by atoms with Gasteiger partial charge in [0.05, 0.1) is 5.25 Å². The number of halogens is 2. The van der Waals surface area contributed by atoms with Crippen molar-refractivity contribution >= 4 is 15.6 Å². The average Bonchev–Trinajstić information content (AvgIpc) is 2.30. The van der Waals surface area contributed by atoms with Crippen molar-refractivity contribution in [3.63, 3.8) is 0 Å². The van der Waals surface area contributed by atoms with E-state index in [0.717, 1.165) is 12.1 Å². The second kappa shape index (κ2) is 5.56. The number of carbonyl (C=O) groups is 1. The van der Waals surface area contributed by atoms with Crippen LogP contribution in [0.2, 0.25) is 0 Å². The number of rotatable bonds is 5. The zero-order valence-electron chi connectivity index (χ0n) is 10.1. The molecule has 1 aromatic rings. The van der Waals surface area contributed by atoms with Crippen LogP contribution in [0.25, 0.3) is 0 Å². The molecule has 0 aliphatic carbocycles. The van der Waals surface area contributed by atoms with Crippen LogP contribution in [0.15, 0.2) is 18.2 Å². The number of ketones is 1. The van der Waals surface area contributed by atoms with Crippen LogP contribution in [0.5, 0.6) is 0 Å². The lowest BCUT2D eigenvalue weighted by Gasteiger charge is -2.09. The third-order valence-corrected chi connectivity index (χ3v) is 4.99. The third kappa shape index (κ3) is 3.35. The summed E-state index contributed by atoms with van der Waals surface area (Å²) in [6, 6.07) is 2.59. The van der Waals surface area contributed by atoms with Gasteiger partial charge in [0.2, 0.25) is 0 Å². The van der Waals surface area contributed by atoms with E-state index in [1.54, 1.807) is 6.92 Å². The lowest BCUT2D eigenvalue weighted by Crippen LogP contribution is -2.25. The van der Waals surface area contributed by atoms with Crippen molar-refractivity contribution in [3.8, 4) is 0 Å². The predicted molar refractivity (Wildman–Crippen MR) is 64.2 cm³/mol. The molecule has 0 heterocycles. The quantitative estimate of drug-likeness (QED) is 0.776. The standard InChI is InChI=1S/C12H14F2O3S/c1-3-8(2)18(16,17)7-12(15)9-4-5-10(13)11(14)6-9/h4-6,8H,3,7H2,1-2H3. The molecule has 1 unspecified atom stereocenters. The Kier molecular flexibility index (Phi) is 4.56. The van der Waals surface area contributed by atoms with Crippen molar-refractivity contribution in [2.75, 3.05) is 5.75 Å². The van der Waals surface area contributed by atoms with Crippen molar-refractivity contribution in [2.24, 2.45) is 0 Å². The highest BCUT2D eigenvalue weighted by molar-refractivity contribution is 7.92. The van der Waals surface area contributed by atoms with Gasteiger partial charge < -0.3 is 0 Å². The van der Waals surface area contributed by atoms with Gasteiger partial charge in [-0.3, -0.25) is 4.79 Å². The highest BCUT2D eigenvalue weighted by Crippen LogP contribution is 2.12. The molecular weight excluding hydrogens is 262 g/mol. The van der Waals surface area contributed by atoms with E-state index >= 15 is 0 Å². The summed E-state index contributed by atoms with van der Waals surface area (Å²) < 4.78 is 49.0. The van der Waals surface area contributed by atoms with Crippen LogP contribution in [0.1, 0.15) is 30.6 Å². The fourth-order valence-corrected chi connectivity index (χ4v) is 2.66. The number of carbonyl (C=O) groups excluding carboxylic acids is 1. The first-order chi connectivity index (χ1) is 8.27. The van der Waals surface area contributed by atoms with Crippen LogP contribution in [0.4, 0.5) is 8.78 Å². The van der Waals surface area contributed by atoms with Crippen molar-refractivity contribution in [1.29, 1.82) is 0 Å². The van der Waals surface area contributed by atoms with Gasteiger partial charge in [-0.15, -0.1) is 0 Å². The van der Waals surface area contributed by atoms with E-state index in [0.29, 0.717) is 12.5 Å². The minimum atomic E-state index is -3.55. The number of Topliss-reactive ketones (excluding diaryl/α,β-unsaturated/α-hetero) is 1. The van der Waals surface area contributed by atoms with Gasteiger partial charge in [-0.05, 0) is 31.5 Å². The second-order valence-corrected chi connectivity index (χ2v) is 6.50. The fraction of sp³-hybridized carbons (Fsp3) is 0.417. The van der Waals surface area contributed by atoms with Crippen molar-refractivity contribution < 1.29 is 22.0 Å². The smallest absolute Gasteiger partial charge is 0.177 e. The molecule has 1 atom stereocenters. The first kappa shape index (κ1) is 14.8. The molecule has 0 aliphatic rings. The molecule has 0 amide bonds. The first-order valence-corrected chi connectivity index (χ1v) is 7.19. The van der Waals surface area contributed by atoms with Crippen LogP contribution in [-0.4, -0.2) is 25.2 Å². The molecule has 0 N–H and O–H groups in total. The fourth-order valence-electron chi connectivity index (χ4n) is 1.33. The highest BCUT2D eigenvalue weighted by atomic mass is 32.2. The Hall–Kier alpha value is -1.30. The molecule has 0 bridgehead atoms. The van der Waals surface area contributed by atoms with Crippen LogP contribution in [-0.2, 0) is 9.84 Å². The normalized spacial score (nSPS) is 13.3. The summed E-state index contributed by atoms with van der Waals surface area (Å²) in [6.45, 7) is 3.21. The number of sulfone groups is 1. The Morgan fingerprint density at radius 1 is 1.28 bits per heavy atom. The molecule has 6 heteroatoms. The maximum Gasteiger partial charge on any atom is 0.177 e. The summed E-state index contributed by atoms with van der Waals surface area (Å²) in [5.41, 5.74) is -0.138. The maximum absolute atomic E-state index is 12.9. The molecule has 18 heavy (non-hydrogen) atoms. The molecule has 3 nitrogen and oxygen atoms in total. The zero-order chi connectivity index (χ0) is 13.9. The monoisotopic (exact) mass is 276 g/mol. The molecule has 0 spiro atoms. The number of hydrogen-bond acceptors (Lipinski definition) is 3. The molecule has 100 valence electrons. The van der Waals surface area contributed by atoms with Crippen LogP contribution < -0.4 is 0 Å². The number of hydrogen-bond donors (Lipinski definition) is 0. The summed E-state index contributed by atoms with van der Waals surface area (Å²) >= 11 is 0. The summed E-state index contributed by atoms with van der Waals surface area (Å²) in [7, 11) is -3.55. The van der Waals surface area contributed by atoms with E-state index < -0.39 is 38.3 Å². The lowest BCUT2D eigenvalue weighted by atomic mass is 10.1. The molecule has 0 saturated heterocycles. The van der Waals surface area contributed by atoms with Gasteiger partial charge in [0.1, 0.15) is 5.75 Å². The Balaban J connectivity index is 2.93. The molecule has 0 radical (unpaired) electrons. The van der Waals surface area contributed by atoms with Gasteiger partial charge in [-0.25, -0.2) is 17.2 Å². The van der Waals surface area contributed by atoms with E-state index in [2.05, 4.69) is 0 Å². The Labute approximate surface area is 105 Å². The molecule has 0 fully saturated rings. The van der Waals surface area contributed by atoms with Crippen molar-refractivity contribution in [3.05, 3.63) is 35.4 Å². The highest BCUT2D eigenvalue weighted by Gasteiger charge is 2.24. The van der Waals surface area contributed by atoms with Crippen molar-refractivity contribution in [1.82, 2.24) is 0 Å². The number of benzene rings is 1. The largest absolute Gasteiger partial charge is 0.293 e. The third-order valence-electron chi connectivity index (χ3n) is 2.76. The molecule has 0 aromatic heterocycles. The minimum absolute atomic E-state index is 0.138. The topological polar surface area (TPSA) is 51.2 Å².